The van der Waals surface area contributed by atoms with Crippen molar-refractivity contribution in [1.82, 2.24) is 0 Å². The monoisotopic (exact) mass is 273 g/mol. The molecule has 1 aromatic rings. The van der Waals surface area contributed by atoms with Gasteiger partial charge in [0.1, 0.15) is 12.4 Å². The number of hydrogen-bond donors (Lipinski definition) is 1. The van der Waals surface area contributed by atoms with E-state index >= 15 is 0 Å². The van der Waals surface area contributed by atoms with Crippen molar-refractivity contribution < 1.29 is 9.47 Å². The van der Waals surface area contributed by atoms with Gasteiger partial charge in [-0.15, -0.1) is 0 Å². The van der Waals surface area contributed by atoms with Crippen LogP contribution in [0, 0.1) is 0 Å². The molecule has 0 fully saturated rings. The Morgan fingerprint density at radius 1 is 1.40 bits per heavy atom. The minimum absolute atomic E-state index is 0.0416. The highest BCUT2D eigenvalue weighted by atomic mass is 79.9. The summed E-state index contributed by atoms with van der Waals surface area (Å²) in [5, 5.41) is 0. The number of hydrogen-bond acceptors (Lipinski definition) is 3. The lowest BCUT2D eigenvalue weighted by molar-refractivity contribution is 0.145. The first-order valence-corrected chi connectivity index (χ1v) is 5.61. The van der Waals surface area contributed by atoms with Crippen molar-refractivity contribution in [1.29, 1.82) is 0 Å². The van der Waals surface area contributed by atoms with Gasteiger partial charge in [-0.05, 0) is 25.1 Å². The maximum Gasteiger partial charge on any atom is 0.124 e. The Morgan fingerprint density at radius 3 is 2.73 bits per heavy atom. The summed E-state index contributed by atoms with van der Waals surface area (Å²) < 4.78 is 11.5. The van der Waals surface area contributed by atoms with E-state index in [9.17, 15) is 0 Å². The number of halogens is 1. The molecule has 0 saturated carbocycles. The Morgan fingerprint density at radius 2 is 2.13 bits per heavy atom. The molecule has 1 rings (SSSR count). The molecular formula is C11H16BrNO2. The van der Waals surface area contributed by atoms with Crippen LogP contribution in [-0.4, -0.2) is 20.3 Å². The maximum atomic E-state index is 5.86. The Balaban J connectivity index is 2.77. The lowest BCUT2D eigenvalue weighted by atomic mass is 10.1. The van der Waals surface area contributed by atoms with E-state index < -0.39 is 0 Å². The number of rotatable bonds is 5. The van der Waals surface area contributed by atoms with Gasteiger partial charge in [0.05, 0.1) is 6.61 Å². The van der Waals surface area contributed by atoms with Crippen LogP contribution < -0.4 is 10.5 Å². The third-order valence-corrected chi connectivity index (χ3v) is 2.50. The molecule has 4 heteroatoms. The Kier molecular flexibility index (Phi) is 5.08. The summed E-state index contributed by atoms with van der Waals surface area (Å²) in [6, 6.07) is 5.79. The highest BCUT2D eigenvalue weighted by molar-refractivity contribution is 9.10. The van der Waals surface area contributed by atoms with E-state index in [4.69, 9.17) is 15.2 Å². The molecule has 0 aliphatic carbocycles. The van der Waals surface area contributed by atoms with Crippen LogP contribution in [0.2, 0.25) is 0 Å². The molecule has 0 radical (unpaired) electrons. The second-order valence-electron chi connectivity index (χ2n) is 3.31. The van der Waals surface area contributed by atoms with E-state index in [1.165, 1.54) is 0 Å². The van der Waals surface area contributed by atoms with Crippen LogP contribution in [0.3, 0.4) is 0 Å². The Bertz CT molecular complexity index is 315. The van der Waals surface area contributed by atoms with Gasteiger partial charge in [-0.1, -0.05) is 15.9 Å². The lowest BCUT2D eigenvalue weighted by Gasteiger charge is -2.14. The van der Waals surface area contributed by atoms with Crippen LogP contribution in [0.1, 0.15) is 18.5 Å². The molecule has 0 unspecified atom stereocenters. The molecule has 0 aliphatic heterocycles. The fraction of sp³-hybridized carbons (Fsp3) is 0.455. The summed E-state index contributed by atoms with van der Waals surface area (Å²) >= 11 is 3.41. The summed E-state index contributed by atoms with van der Waals surface area (Å²) in [6.45, 7) is 3.05. The van der Waals surface area contributed by atoms with Gasteiger partial charge >= 0.3 is 0 Å². The quantitative estimate of drug-likeness (QED) is 0.839. The van der Waals surface area contributed by atoms with E-state index in [2.05, 4.69) is 15.9 Å². The fourth-order valence-corrected chi connectivity index (χ4v) is 1.62. The van der Waals surface area contributed by atoms with Crippen LogP contribution in [-0.2, 0) is 4.74 Å². The van der Waals surface area contributed by atoms with Gasteiger partial charge in [-0.25, -0.2) is 0 Å². The average molecular weight is 274 g/mol. The summed E-state index contributed by atoms with van der Waals surface area (Å²) in [4.78, 5) is 0. The third-order valence-electron chi connectivity index (χ3n) is 2.01. The van der Waals surface area contributed by atoms with Crippen molar-refractivity contribution in [3.63, 3.8) is 0 Å². The molecule has 0 spiro atoms. The largest absolute Gasteiger partial charge is 0.491 e. The van der Waals surface area contributed by atoms with Crippen molar-refractivity contribution in [2.45, 2.75) is 13.0 Å². The molecule has 0 amide bonds. The van der Waals surface area contributed by atoms with Crippen molar-refractivity contribution >= 4 is 15.9 Å². The van der Waals surface area contributed by atoms with Gasteiger partial charge in [0.2, 0.25) is 0 Å². The Hall–Kier alpha value is -0.580. The van der Waals surface area contributed by atoms with Crippen molar-refractivity contribution in [3.05, 3.63) is 28.2 Å². The zero-order chi connectivity index (χ0) is 11.3. The third kappa shape index (κ3) is 3.81. The standard InChI is InChI=1S/C11H16BrNO2/c1-8(13)10-7-9(12)3-4-11(10)15-6-5-14-2/h3-4,7-8H,5-6,13H2,1-2H3/t8-/m0/s1. The number of methoxy groups -OCH3 is 1. The van der Waals surface area contributed by atoms with E-state index in [1.54, 1.807) is 7.11 Å². The van der Waals surface area contributed by atoms with E-state index in [0.717, 1.165) is 15.8 Å². The van der Waals surface area contributed by atoms with Crippen LogP contribution in [0.4, 0.5) is 0 Å². The van der Waals surface area contributed by atoms with Gasteiger partial charge in [-0.2, -0.15) is 0 Å². The SMILES string of the molecule is COCCOc1ccc(Br)cc1[C@H](C)N. The molecule has 0 aromatic heterocycles. The summed E-state index contributed by atoms with van der Waals surface area (Å²) in [6.07, 6.45) is 0. The normalized spacial score (nSPS) is 12.5. The number of nitrogens with two attached hydrogens (primary N) is 1. The fourth-order valence-electron chi connectivity index (χ4n) is 1.24. The zero-order valence-electron chi connectivity index (χ0n) is 9.00. The molecule has 1 aromatic carbocycles. The predicted octanol–water partition coefficient (Wildman–Crippen LogP) is 2.49. The van der Waals surface area contributed by atoms with Gasteiger partial charge in [0.15, 0.2) is 0 Å². The first kappa shape index (κ1) is 12.5. The molecule has 2 N–H and O–H groups in total. The molecule has 1 atom stereocenters. The molecule has 3 nitrogen and oxygen atoms in total. The summed E-state index contributed by atoms with van der Waals surface area (Å²) in [5.41, 5.74) is 6.86. The first-order chi connectivity index (χ1) is 7.15. The molecule has 0 heterocycles. The van der Waals surface area contributed by atoms with Gasteiger partial charge in [-0.3, -0.25) is 0 Å². The molecule has 0 bridgehead atoms. The molecular weight excluding hydrogens is 258 g/mol. The zero-order valence-corrected chi connectivity index (χ0v) is 10.6. The van der Waals surface area contributed by atoms with Crippen LogP contribution in [0.15, 0.2) is 22.7 Å². The Labute approximate surface area is 98.7 Å². The second kappa shape index (κ2) is 6.10. The van der Waals surface area contributed by atoms with Crippen molar-refractivity contribution in [2.75, 3.05) is 20.3 Å². The molecule has 0 saturated heterocycles. The second-order valence-corrected chi connectivity index (χ2v) is 4.23. The van der Waals surface area contributed by atoms with Crippen LogP contribution in [0.5, 0.6) is 5.75 Å². The molecule has 84 valence electrons. The van der Waals surface area contributed by atoms with Crippen LogP contribution in [0.25, 0.3) is 0 Å². The highest BCUT2D eigenvalue weighted by Crippen LogP contribution is 2.27. The van der Waals surface area contributed by atoms with E-state index in [-0.39, 0.29) is 6.04 Å². The highest BCUT2D eigenvalue weighted by Gasteiger charge is 2.08. The summed E-state index contributed by atoms with van der Waals surface area (Å²) in [7, 11) is 1.65. The topological polar surface area (TPSA) is 44.5 Å². The minimum atomic E-state index is -0.0416. The number of ether oxygens (including phenoxy) is 2. The maximum absolute atomic E-state index is 5.86. The molecule has 0 aliphatic rings. The van der Waals surface area contributed by atoms with Gasteiger partial charge in [0.25, 0.3) is 0 Å². The summed E-state index contributed by atoms with van der Waals surface area (Å²) in [5.74, 6) is 0.824. The average Bonchev–Trinajstić information content (AvgIpc) is 2.20. The van der Waals surface area contributed by atoms with Gasteiger partial charge < -0.3 is 15.2 Å². The molecule has 15 heavy (non-hydrogen) atoms. The lowest BCUT2D eigenvalue weighted by Crippen LogP contribution is -2.10. The first-order valence-electron chi connectivity index (χ1n) is 4.82. The van der Waals surface area contributed by atoms with Crippen molar-refractivity contribution in [2.24, 2.45) is 5.73 Å². The van der Waals surface area contributed by atoms with E-state index in [0.29, 0.717) is 13.2 Å². The van der Waals surface area contributed by atoms with Crippen molar-refractivity contribution in [3.8, 4) is 5.75 Å². The number of benzene rings is 1. The minimum Gasteiger partial charge on any atom is -0.491 e. The van der Waals surface area contributed by atoms with E-state index in [1.807, 2.05) is 25.1 Å². The van der Waals surface area contributed by atoms with Gasteiger partial charge in [0, 0.05) is 23.2 Å². The van der Waals surface area contributed by atoms with Crippen LogP contribution >= 0.6 is 15.9 Å². The predicted molar refractivity (Wildman–Crippen MR) is 64.1 cm³/mol. The smallest absolute Gasteiger partial charge is 0.124 e.